The lowest BCUT2D eigenvalue weighted by Gasteiger charge is -2.33. The SMILES string of the molecule is CCCCN1CCCc2cc3c(cc21)Oc1cc2c(cc1=C3c1ccccc1C(=O)O)CCC[N+]=2CCCC. The number of carbonyl (C=O) groups is 1. The third kappa shape index (κ3) is 4.73. The lowest BCUT2D eigenvalue weighted by molar-refractivity contribution is 0.0696. The van der Waals surface area contributed by atoms with E-state index in [0.717, 1.165) is 85.3 Å². The lowest BCUT2D eigenvalue weighted by atomic mass is 9.86. The van der Waals surface area contributed by atoms with E-state index in [-0.39, 0.29) is 0 Å². The highest BCUT2D eigenvalue weighted by Gasteiger charge is 2.29. The quantitative estimate of drug-likeness (QED) is 0.309. The molecule has 0 radical (unpaired) electrons. The molecule has 0 unspecified atom stereocenters. The van der Waals surface area contributed by atoms with Crippen molar-refractivity contribution in [3.8, 4) is 11.5 Å². The standard InChI is InChI=1S/C34H38N2O3/c1-3-5-15-35-17-9-11-23-19-27-31(21-29(23)35)39-32-22-30-24(12-10-18-36(30)16-6-4-2)20-28(32)33(27)25-13-7-8-14-26(25)34(37)38/h7-8,13-14,19-22H,3-6,9-12,15-18H2,1-2H3/p+1. The van der Waals surface area contributed by atoms with Gasteiger partial charge in [0.2, 0.25) is 5.36 Å². The first-order chi connectivity index (χ1) is 19.1. The molecule has 0 saturated carbocycles. The second-order valence-electron chi connectivity index (χ2n) is 11.2. The molecule has 0 saturated heterocycles. The molecule has 0 bridgehead atoms. The van der Waals surface area contributed by atoms with Gasteiger partial charge < -0.3 is 14.7 Å². The molecule has 3 aliphatic rings. The molecule has 202 valence electrons. The molecule has 0 atom stereocenters. The van der Waals surface area contributed by atoms with Crippen LogP contribution in [-0.2, 0) is 12.8 Å². The van der Waals surface area contributed by atoms with Crippen molar-refractivity contribution in [2.75, 3.05) is 31.1 Å². The third-order valence-corrected chi connectivity index (χ3v) is 8.54. The van der Waals surface area contributed by atoms with Gasteiger partial charge in [-0.15, -0.1) is 0 Å². The van der Waals surface area contributed by atoms with Crippen LogP contribution in [0.1, 0.15) is 85.0 Å². The van der Waals surface area contributed by atoms with E-state index in [0.29, 0.717) is 5.56 Å². The Morgan fingerprint density at radius 1 is 0.949 bits per heavy atom. The van der Waals surface area contributed by atoms with E-state index in [1.54, 1.807) is 6.07 Å². The Labute approximate surface area is 231 Å². The van der Waals surface area contributed by atoms with Crippen molar-refractivity contribution in [3.63, 3.8) is 0 Å². The van der Waals surface area contributed by atoms with E-state index in [4.69, 9.17) is 4.74 Å². The van der Waals surface area contributed by atoms with E-state index in [1.165, 1.54) is 47.9 Å². The summed E-state index contributed by atoms with van der Waals surface area (Å²) >= 11 is 0. The summed E-state index contributed by atoms with van der Waals surface area (Å²) in [4.78, 5) is 14.9. The zero-order valence-electron chi connectivity index (χ0n) is 23.3. The van der Waals surface area contributed by atoms with Crippen molar-refractivity contribution in [1.82, 2.24) is 4.58 Å². The number of ether oxygens (including phenoxy) is 1. The van der Waals surface area contributed by atoms with Crippen LogP contribution in [-0.4, -0.2) is 37.3 Å². The van der Waals surface area contributed by atoms with Gasteiger partial charge in [-0.05, 0) is 55.0 Å². The monoisotopic (exact) mass is 523 g/mol. The van der Waals surface area contributed by atoms with Crippen LogP contribution in [0.3, 0.4) is 0 Å². The summed E-state index contributed by atoms with van der Waals surface area (Å²) in [7, 11) is 0. The molecule has 3 aliphatic heterocycles. The fourth-order valence-electron chi connectivity index (χ4n) is 6.54. The third-order valence-electron chi connectivity index (χ3n) is 8.54. The number of rotatable bonds is 8. The largest absolute Gasteiger partial charge is 0.478 e. The predicted molar refractivity (Wildman–Crippen MR) is 157 cm³/mol. The van der Waals surface area contributed by atoms with E-state index < -0.39 is 5.97 Å². The number of aryl methyl sites for hydroxylation is 2. The molecule has 39 heavy (non-hydrogen) atoms. The highest BCUT2D eigenvalue weighted by molar-refractivity contribution is 5.98. The Bertz CT molecular complexity index is 1560. The highest BCUT2D eigenvalue weighted by Crippen LogP contribution is 2.42. The number of benzene rings is 3. The van der Waals surface area contributed by atoms with Gasteiger partial charge in [-0.1, -0.05) is 44.9 Å². The summed E-state index contributed by atoms with van der Waals surface area (Å²) < 4.78 is 9.25. The maximum atomic E-state index is 12.4. The minimum Gasteiger partial charge on any atom is -0.478 e. The number of unbranched alkanes of at least 4 members (excludes halogenated alkanes) is 2. The molecule has 5 heteroatoms. The van der Waals surface area contributed by atoms with Crippen LogP contribution < -0.4 is 24.8 Å². The van der Waals surface area contributed by atoms with E-state index in [1.807, 2.05) is 18.2 Å². The van der Waals surface area contributed by atoms with Gasteiger partial charge >= 0.3 is 5.97 Å². The number of nitrogens with zero attached hydrogens (tertiary/aromatic N) is 2. The minimum absolute atomic E-state index is 0.330. The van der Waals surface area contributed by atoms with Crippen LogP contribution in [0, 0.1) is 0 Å². The van der Waals surface area contributed by atoms with Gasteiger partial charge in [0, 0.05) is 59.6 Å². The molecule has 0 spiro atoms. The molecule has 3 aromatic carbocycles. The minimum atomic E-state index is -0.903. The van der Waals surface area contributed by atoms with Gasteiger partial charge in [0.15, 0.2) is 0 Å². The maximum absolute atomic E-state index is 12.4. The van der Waals surface area contributed by atoms with Crippen molar-refractivity contribution in [2.24, 2.45) is 0 Å². The number of hydrogen-bond acceptors (Lipinski definition) is 3. The highest BCUT2D eigenvalue weighted by atomic mass is 16.5. The average Bonchev–Trinajstić information content (AvgIpc) is 2.95. The van der Waals surface area contributed by atoms with Crippen LogP contribution in [0.15, 0.2) is 48.5 Å². The normalized spacial score (nSPS) is 15.7. The van der Waals surface area contributed by atoms with Gasteiger partial charge in [0.05, 0.1) is 11.6 Å². The Kier molecular flexibility index (Phi) is 7.16. The van der Waals surface area contributed by atoms with Crippen LogP contribution in [0.5, 0.6) is 11.5 Å². The molecule has 1 N–H and O–H groups in total. The maximum Gasteiger partial charge on any atom is 0.336 e. The summed E-state index contributed by atoms with van der Waals surface area (Å²) in [5.41, 5.74) is 7.00. The Morgan fingerprint density at radius 3 is 2.59 bits per heavy atom. The number of fused-ring (bicyclic) bond motifs is 4. The van der Waals surface area contributed by atoms with E-state index in [2.05, 4.69) is 47.6 Å². The van der Waals surface area contributed by atoms with Crippen molar-refractivity contribution >= 4 is 17.2 Å². The van der Waals surface area contributed by atoms with Crippen molar-refractivity contribution in [2.45, 2.75) is 65.2 Å². The fourth-order valence-corrected chi connectivity index (χ4v) is 6.54. The predicted octanol–water partition coefficient (Wildman–Crippen LogP) is 5.53. The summed E-state index contributed by atoms with van der Waals surface area (Å²) in [5.74, 6) is 0.756. The molecular weight excluding hydrogens is 484 g/mol. The summed E-state index contributed by atoms with van der Waals surface area (Å²) in [5, 5.41) is 12.4. The van der Waals surface area contributed by atoms with Gasteiger partial charge in [0.25, 0.3) is 0 Å². The van der Waals surface area contributed by atoms with Crippen LogP contribution in [0.4, 0.5) is 5.69 Å². The van der Waals surface area contributed by atoms with Crippen LogP contribution in [0.2, 0.25) is 0 Å². The first-order valence-corrected chi connectivity index (χ1v) is 14.8. The Balaban J connectivity index is 1.63. The van der Waals surface area contributed by atoms with Gasteiger partial charge in [-0.25, -0.2) is 9.37 Å². The second kappa shape index (κ2) is 10.9. The van der Waals surface area contributed by atoms with Gasteiger partial charge in [-0.3, -0.25) is 0 Å². The zero-order chi connectivity index (χ0) is 26.9. The zero-order valence-corrected chi connectivity index (χ0v) is 23.3. The topological polar surface area (TPSA) is 52.8 Å². The molecule has 6 rings (SSSR count). The smallest absolute Gasteiger partial charge is 0.336 e. The van der Waals surface area contributed by atoms with Crippen molar-refractivity contribution < 1.29 is 14.6 Å². The molecule has 0 amide bonds. The van der Waals surface area contributed by atoms with Crippen LogP contribution >= 0.6 is 0 Å². The molecular formula is C34H39N2O3+. The first-order valence-electron chi connectivity index (χ1n) is 14.8. The first kappa shape index (κ1) is 25.7. The number of aromatic carboxylic acids is 1. The van der Waals surface area contributed by atoms with Crippen molar-refractivity contribution in [1.29, 1.82) is 0 Å². The number of carboxylic acid groups (broad SMARTS) is 1. The van der Waals surface area contributed by atoms with Crippen molar-refractivity contribution in [3.05, 3.63) is 86.9 Å². The lowest BCUT2D eigenvalue weighted by Crippen LogP contribution is -2.39. The molecule has 5 nitrogen and oxygen atoms in total. The van der Waals surface area contributed by atoms with Gasteiger partial charge in [0.1, 0.15) is 24.6 Å². The summed E-state index contributed by atoms with van der Waals surface area (Å²) in [6.07, 6.45) is 9.01. The molecule has 3 aromatic rings. The second-order valence-corrected chi connectivity index (χ2v) is 11.2. The summed E-state index contributed by atoms with van der Waals surface area (Å²) in [6, 6.07) is 16.4. The van der Waals surface area contributed by atoms with Crippen LogP contribution in [0.25, 0.3) is 5.57 Å². The van der Waals surface area contributed by atoms with E-state index >= 15 is 0 Å². The van der Waals surface area contributed by atoms with Gasteiger partial charge in [-0.2, -0.15) is 0 Å². The molecule has 3 heterocycles. The number of anilines is 1. The van der Waals surface area contributed by atoms with E-state index in [9.17, 15) is 9.90 Å². The molecule has 0 fully saturated rings. The number of carboxylic acids is 1. The fraction of sp³-hybridized carbons (Fsp3) is 0.412. The molecule has 0 aromatic heterocycles. The number of hydrogen-bond donors (Lipinski definition) is 1. The molecule has 0 aliphatic carbocycles. The summed E-state index contributed by atoms with van der Waals surface area (Å²) in [6.45, 7) is 8.72. The Morgan fingerprint density at radius 2 is 1.77 bits per heavy atom. The average molecular weight is 524 g/mol. The Hall–Kier alpha value is -3.60.